The minimum atomic E-state index is -0.852. The molecule has 4 rings (SSSR count). The molecular weight excluding hydrogens is 432 g/mol. The van der Waals surface area contributed by atoms with Gasteiger partial charge in [0.15, 0.2) is 5.76 Å². The van der Waals surface area contributed by atoms with E-state index in [1.165, 1.54) is 6.26 Å². The Morgan fingerprint density at radius 2 is 1.74 bits per heavy atom. The standard InChI is InChI=1S/C27H30N2O5/c1-32-22-14-12-20(13-15-22)25(26(30)28-21-8-3-4-9-21)29(27(31)24-11-6-16-34-24)18-19-7-5-10-23(17-19)33-2/h5-7,10-17,21,25H,3-4,8-9,18H2,1-2H3,(H,28,30)/t25-/m1/s1. The summed E-state index contributed by atoms with van der Waals surface area (Å²) in [7, 11) is 3.19. The summed E-state index contributed by atoms with van der Waals surface area (Å²) in [6.07, 6.45) is 5.54. The van der Waals surface area contributed by atoms with Gasteiger partial charge in [0.1, 0.15) is 17.5 Å². The fraction of sp³-hybridized carbons (Fsp3) is 0.333. The third kappa shape index (κ3) is 5.42. The predicted octanol–water partition coefficient (Wildman–Crippen LogP) is 4.74. The highest BCUT2D eigenvalue weighted by molar-refractivity contribution is 5.96. The van der Waals surface area contributed by atoms with Gasteiger partial charge < -0.3 is 24.1 Å². The van der Waals surface area contributed by atoms with Gasteiger partial charge in [0.25, 0.3) is 5.91 Å². The van der Waals surface area contributed by atoms with E-state index < -0.39 is 6.04 Å². The zero-order chi connectivity index (χ0) is 23.9. The van der Waals surface area contributed by atoms with E-state index in [1.54, 1.807) is 43.4 Å². The molecule has 0 saturated heterocycles. The molecule has 1 fully saturated rings. The molecule has 1 saturated carbocycles. The quantitative estimate of drug-likeness (QED) is 0.497. The molecule has 1 aromatic heterocycles. The molecule has 178 valence electrons. The van der Waals surface area contributed by atoms with Crippen molar-refractivity contribution in [2.45, 2.75) is 44.3 Å². The fourth-order valence-corrected chi connectivity index (χ4v) is 4.40. The average molecular weight is 463 g/mol. The number of hydrogen-bond donors (Lipinski definition) is 1. The number of methoxy groups -OCH3 is 2. The van der Waals surface area contributed by atoms with Crippen LogP contribution >= 0.6 is 0 Å². The van der Waals surface area contributed by atoms with Crippen LogP contribution in [0, 0.1) is 0 Å². The maximum absolute atomic E-state index is 13.7. The van der Waals surface area contributed by atoms with E-state index in [0.717, 1.165) is 31.2 Å². The summed E-state index contributed by atoms with van der Waals surface area (Å²) in [6.45, 7) is 0.200. The van der Waals surface area contributed by atoms with Crippen molar-refractivity contribution < 1.29 is 23.5 Å². The van der Waals surface area contributed by atoms with Crippen molar-refractivity contribution in [3.05, 3.63) is 83.8 Å². The molecule has 1 heterocycles. The summed E-state index contributed by atoms with van der Waals surface area (Å²) in [5, 5.41) is 3.18. The number of benzene rings is 2. The molecule has 0 aliphatic heterocycles. The minimum Gasteiger partial charge on any atom is -0.497 e. The number of nitrogens with one attached hydrogen (secondary N) is 1. The molecule has 1 aliphatic carbocycles. The van der Waals surface area contributed by atoms with Crippen LogP contribution in [0.3, 0.4) is 0 Å². The van der Waals surface area contributed by atoms with Gasteiger partial charge in [-0.3, -0.25) is 9.59 Å². The number of carbonyl (C=O) groups excluding carboxylic acids is 2. The molecule has 0 radical (unpaired) electrons. The number of amides is 2. The Hall–Kier alpha value is -3.74. The topological polar surface area (TPSA) is 81.0 Å². The van der Waals surface area contributed by atoms with Gasteiger partial charge in [0.05, 0.1) is 20.5 Å². The van der Waals surface area contributed by atoms with Gasteiger partial charge >= 0.3 is 0 Å². The number of furan rings is 1. The summed E-state index contributed by atoms with van der Waals surface area (Å²) in [5.41, 5.74) is 1.53. The number of rotatable bonds is 9. The van der Waals surface area contributed by atoms with Gasteiger partial charge in [0.2, 0.25) is 5.91 Å². The van der Waals surface area contributed by atoms with Crippen molar-refractivity contribution in [3.63, 3.8) is 0 Å². The zero-order valence-electron chi connectivity index (χ0n) is 19.5. The molecule has 7 nitrogen and oxygen atoms in total. The second-order valence-corrected chi connectivity index (χ2v) is 8.43. The van der Waals surface area contributed by atoms with Gasteiger partial charge in [-0.2, -0.15) is 0 Å². The van der Waals surface area contributed by atoms with E-state index in [9.17, 15) is 9.59 Å². The SMILES string of the molecule is COc1ccc([C@H](C(=O)NC2CCCC2)N(Cc2cccc(OC)c2)C(=O)c2ccco2)cc1. The van der Waals surface area contributed by atoms with Crippen LogP contribution in [0.2, 0.25) is 0 Å². The molecule has 0 spiro atoms. The Morgan fingerprint density at radius 1 is 1.00 bits per heavy atom. The first-order chi connectivity index (χ1) is 16.6. The van der Waals surface area contributed by atoms with E-state index >= 15 is 0 Å². The number of carbonyl (C=O) groups is 2. The van der Waals surface area contributed by atoms with Crippen molar-refractivity contribution in [1.82, 2.24) is 10.2 Å². The summed E-state index contributed by atoms with van der Waals surface area (Å²) in [5.74, 6) is 0.958. The Morgan fingerprint density at radius 3 is 2.38 bits per heavy atom. The summed E-state index contributed by atoms with van der Waals surface area (Å²) in [4.78, 5) is 28.9. The first kappa shape index (κ1) is 23.4. The summed E-state index contributed by atoms with van der Waals surface area (Å²) >= 11 is 0. The Bertz CT molecular complexity index is 1090. The van der Waals surface area contributed by atoms with Crippen LogP contribution in [-0.4, -0.2) is 37.0 Å². The lowest BCUT2D eigenvalue weighted by molar-refractivity contribution is -0.126. The highest BCUT2D eigenvalue weighted by Crippen LogP contribution is 2.29. The molecule has 1 N–H and O–H groups in total. The van der Waals surface area contributed by atoms with Crippen LogP contribution < -0.4 is 14.8 Å². The van der Waals surface area contributed by atoms with Gasteiger partial charge in [-0.15, -0.1) is 0 Å². The Labute approximate surface area is 199 Å². The summed E-state index contributed by atoms with van der Waals surface area (Å²) in [6, 6.07) is 17.3. The molecule has 2 aromatic carbocycles. The van der Waals surface area contributed by atoms with Crippen molar-refractivity contribution in [2.75, 3.05) is 14.2 Å². The molecule has 0 bridgehead atoms. The van der Waals surface area contributed by atoms with Crippen LogP contribution in [0.5, 0.6) is 11.5 Å². The van der Waals surface area contributed by atoms with E-state index in [1.807, 2.05) is 36.4 Å². The smallest absolute Gasteiger partial charge is 0.290 e. The first-order valence-electron chi connectivity index (χ1n) is 11.5. The number of nitrogens with zero attached hydrogens (tertiary/aromatic N) is 1. The average Bonchev–Trinajstić information content (AvgIpc) is 3.58. The maximum atomic E-state index is 13.7. The molecular formula is C27H30N2O5. The zero-order valence-corrected chi connectivity index (χ0v) is 19.5. The first-order valence-corrected chi connectivity index (χ1v) is 11.5. The normalized spacial score (nSPS) is 14.4. The van der Waals surface area contributed by atoms with Crippen LogP contribution in [0.1, 0.15) is 53.4 Å². The Balaban J connectivity index is 1.74. The van der Waals surface area contributed by atoms with Crippen LogP contribution in [0.25, 0.3) is 0 Å². The molecule has 0 unspecified atom stereocenters. The lowest BCUT2D eigenvalue weighted by Crippen LogP contribution is -2.45. The molecule has 1 atom stereocenters. The molecule has 2 amide bonds. The van der Waals surface area contributed by atoms with Crippen LogP contribution in [-0.2, 0) is 11.3 Å². The van der Waals surface area contributed by atoms with Gasteiger partial charge in [-0.1, -0.05) is 37.1 Å². The third-order valence-electron chi connectivity index (χ3n) is 6.17. The number of hydrogen-bond acceptors (Lipinski definition) is 5. The minimum absolute atomic E-state index is 0.116. The highest BCUT2D eigenvalue weighted by atomic mass is 16.5. The van der Waals surface area contributed by atoms with Gasteiger partial charge in [0, 0.05) is 12.6 Å². The predicted molar refractivity (Wildman–Crippen MR) is 128 cm³/mol. The molecule has 7 heteroatoms. The van der Waals surface area contributed by atoms with Crippen molar-refractivity contribution >= 4 is 11.8 Å². The van der Waals surface area contributed by atoms with Crippen molar-refractivity contribution in [1.29, 1.82) is 0 Å². The lowest BCUT2D eigenvalue weighted by Gasteiger charge is -2.32. The lowest BCUT2D eigenvalue weighted by atomic mass is 10.0. The van der Waals surface area contributed by atoms with E-state index in [-0.39, 0.29) is 30.2 Å². The monoisotopic (exact) mass is 462 g/mol. The van der Waals surface area contributed by atoms with E-state index in [4.69, 9.17) is 13.9 Å². The fourth-order valence-electron chi connectivity index (χ4n) is 4.40. The van der Waals surface area contributed by atoms with Gasteiger partial charge in [-0.25, -0.2) is 0 Å². The second kappa shape index (κ2) is 10.9. The van der Waals surface area contributed by atoms with Crippen molar-refractivity contribution in [3.8, 4) is 11.5 Å². The largest absolute Gasteiger partial charge is 0.497 e. The Kier molecular flexibility index (Phi) is 7.52. The van der Waals surface area contributed by atoms with Gasteiger partial charge in [-0.05, 0) is 60.4 Å². The second-order valence-electron chi connectivity index (χ2n) is 8.43. The van der Waals surface area contributed by atoms with Crippen LogP contribution in [0.15, 0.2) is 71.3 Å². The highest BCUT2D eigenvalue weighted by Gasteiger charge is 2.34. The van der Waals surface area contributed by atoms with Crippen LogP contribution in [0.4, 0.5) is 0 Å². The van der Waals surface area contributed by atoms with Crippen molar-refractivity contribution in [2.24, 2.45) is 0 Å². The third-order valence-corrected chi connectivity index (χ3v) is 6.17. The molecule has 1 aliphatic rings. The van der Waals surface area contributed by atoms with E-state index in [0.29, 0.717) is 17.1 Å². The number of ether oxygens (including phenoxy) is 2. The maximum Gasteiger partial charge on any atom is 0.290 e. The molecule has 3 aromatic rings. The summed E-state index contributed by atoms with van der Waals surface area (Å²) < 4.78 is 16.1. The van der Waals surface area contributed by atoms with E-state index in [2.05, 4.69) is 5.32 Å². The molecule has 34 heavy (non-hydrogen) atoms.